The Morgan fingerprint density at radius 2 is 1.97 bits per heavy atom. The van der Waals surface area contributed by atoms with E-state index >= 15 is 0 Å². The average molecular weight is 504 g/mol. The lowest BCUT2D eigenvalue weighted by atomic mass is 9.48. The van der Waals surface area contributed by atoms with E-state index in [-0.39, 0.29) is 18.4 Å². The summed E-state index contributed by atoms with van der Waals surface area (Å²) in [7, 11) is 0. The first-order chi connectivity index (χ1) is 18.1. The summed E-state index contributed by atoms with van der Waals surface area (Å²) < 4.78 is 24.6. The van der Waals surface area contributed by atoms with Gasteiger partial charge in [-0.2, -0.15) is 0 Å². The fourth-order valence-electron chi connectivity index (χ4n) is 7.58. The minimum atomic E-state index is -0.874. The molecule has 194 valence electrons. The van der Waals surface area contributed by atoms with Gasteiger partial charge < -0.3 is 18.9 Å². The first kappa shape index (κ1) is 23.1. The predicted octanol–water partition coefficient (Wildman–Crippen LogP) is 4.58. The number of carbonyl (C=O) groups excluding carboxylic acids is 2. The van der Waals surface area contributed by atoms with Crippen LogP contribution in [0.4, 0.5) is 4.79 Å². The highest BCUT2D eigenvalue weighted by Crippen LogP contribution is 2.66. The smallest absolute Gasteiger partial charge is 0.485 e. The SMILES string of the molecule is CCOC(=O)O[C@@]12CCC(=O)[C@@H]3Oc4c(OCc5ccccc5)ccc5c4[C@@]31CCN(CC1CC1)[C@@H]2C5. The van der Waals surface area contributed by atoms with Crippen LogP contribution in [0.25, 0.3) is 0 Å². The summed E-state index contributed by atoms with van der Waals surface area (Å²) in [4.78, 5) is 29.0. The van der Waals surface area contributed by atoms with Crippen molar-refractivity contribution in [2.24, 2.45) is 5.92 Å². The molecule has 0 aromatic heterocycles. The fourth-order valence-corrected chi connectivity index (χ4v) is 7.58. The highest BCUT2D eigenvalue weighted by Gasteiger charge is 2.75. The molecule has 1 saturated heterocycles. The van der Waals surface area contributed by atoms with Crippen LogP contribution < -0.4 is 9.47 Å². The molecule has 0 radical (unpaired) electrons. The molecular weight excluding hydrogens is 470 g/mol. The number of nitrogens with zero attached hydrogens (tertiary/aromatic N) is 1. The lowest BCUT2D eigenvalue weighted by Gasteiger charge is -2.63. The number of benzene rings is 2. The Morgan fingerprint density at radius 1 is 1.14 bits per heavy atom. The molecule has 2 bridgehead atoms. The van der Waals surface area contributed by atoms with Crippen molar-refractivity contribution in [1.29, 1.82) is 0 Å². The quantitative estimate of drug-likeness (QED) is 0.512. The van der Waals surface area contributed by atoms with E-state index in [2.05, 4.69) is 11.0 Å². The molecule has 0 N–H and O–H groups in total. The molecule has 2 aliphatic heterocycles. The maximum Gasteiger partial charge on any atom is 0.508 e. The number of Topliss-reactive ketones (excluding diaryl/α,β-unsaturated/α-hetero) is 1. The van der Waals surface area contributed by atoms with Gasteiger partial charge in [-0.25, -0.2) is 4.79 Å². The molecular formula is C30H33NO6. The van der Waals surface area contributed by atoms with E-state index in [9.17, 15) is 9.59 Å². The van der Waals surface area contributed by atoms with Gasteiger partial charge in [0.2, 0.25) is 0 Å². The number of hydrogen-bond acceptors (Lipinski definition) is 7. The van der Waals surface area contributed by atoms with Gasteiger partial charge in [0.25, 0.3) is 0 Å². The second-order valence-corrected chi connectivity index (χ2v) is 11.2. The summed E-state index contributed by atoms with van der Waals surface area (Å²) in [5, 5.41) is 0. The molecule has 5 aliphatic rings. The zero-order valence-electron chi connectivity index (χ0n) is 21.2. The van der Waals surface area contributed by atoms with Gasteiger partial charge in [-0.15, -0.1) is 0 Å². The van der Waals surface area contributed by atoms with E-state index in [0.29, 0.717) is 43.3 Å². The second kappa shape index (κ2) is 8.48. The third-order valence-corrected chi connectivity index (χ3v) is 9.27. The van der Waals surface area contributed by atoms with Crippen LogP contribution in [0.3, 0.4) is 0 Å². The summed E-state index contributed by atoms with van der Waals surface area (Å²) in [5.74, 6) is 2.08. The monoisotopic (exact) mass is 503 g/mol. The van der Waals surface area contributed by atoms with Crippen molar-refractivity contribution in [2.75, 3.05) is 19.7 Å². The molecule has 7 rings (SSSR count). The molecule has 4 atom stereocenters. The number of carbonyl (C=O) groups is 2. The second-order valence-electron chi connectivity index (χ2n) is 11.2. The molecule has 0 amide bonds. The normalized spacial score (nSPS) is 31.3. The first-order valence-corrected chi connectivity index (χ1v) is 13.7. The van der Waals surface area contributed by atoms with Crippen molar-refractivity contribution in [3.05, 3.63) is 59.2 Å². The molecule has 0 unspecified atom stereocenters. The Hall–Kier alpha value is -3.06. The van der Waals surface area contributed by atoms with Gasteiger partial charge in [0.05, 0.1) is 18.1 Å². The largest absolute Gasteiger partial charge is 0.508 e. The number of ether oxygens (including phenoxy) is 4. The predicted molar refractivity (Wildman–Crippen MR) is 135 cm³/mol. The molecule has 3 aliphatic carbocycles. The van der Waals surface area contributed by atoms with Crippen molar-refractivity contribution in [3.8, 4) is 11.5 Å². The lowest BCUT2D eigenvalue weighted by Crippen LogP contribution is -2.77. The van der Waals surface area contributed by atoms with Gasteiger partial charge >= 0.3 is 6.16 Å². The van der Waals surface area contributed by atoms with E-state index in [1.54, 1.807) is 6.92 Å². The van der Waals surface area contributed by atoms with Crippen molar-refractivity contribution < 1.29 is 28.5 Å². The zero-order chi connectivity index (χ0) is 25.2. The minimum Gasteiger partial charge on any atom is -0.485 e. The van der Waals surface area contributed by atoms with Crippen LogP contribution in [0, 0.1) is 5.92 Å². The Bertz CT molecular complexity index is 1240. The summed E-state index contributed by atoms with van der Waals surface area (Å²) in [5.41, 5.74) is 1.65. The summed E-state index contributed by atoms with van der Waals surface area (Å²) in [6.45, 7) is 4.30. The fraction of sp³-hybridized carbons (Fsp3) is 0.533. The molecule has 7 heteroatoms. The number of ketones is 1. The van der Waals surface area contributed by atoms with Crippen LogP contribution in [0.5, 0.6) is 11.5 Å². The first-order valence-electron chi connectivity index (χ1n) is 13.7. The van der Waals surface area contributed by atoms with Gasteiger partial charge in [0.1, 0.15) is 12.2 Å². The van der Waals surface area contributed by atoms with E-state index in [0.717, 1.165) is 30.6 Å². The van der Waals surface area contributed by atoms with Gasteiger partial charge in [-0.3, -0.25) is 9.69 Å². The molecule has 2 heterocycles. The molecule has 2 saturated carbocycles. The van der Waals surface area contributed by atoms with E-state index in [1.165, 1.54) is 18.4 Å². The van der Waals surface area contributed by atoms with Crippen LogP contribution in [0.1, 0.15) is 55.7 Å². The summed E-state index contributed by atoms with van der Waals surface area (Å²) in [6.07, 6.45) is 3.44. The molecule has 7 nitrogen and oxygen atoms in total. The Morgan fingerprint density at radius 3 is 2.76 bits per heavy atom. The maximum atomic E-state index is 13.5. The average Bonchev–Trinajstić information content (AvgIpc) is 3.64. The third kappa shape index (κ3) is 3.36. The van der Waals surface area contributed by atoms with Crippen LogP contribution in [0.2, 0.25) is 0 Å². The van der Waals surface area contributed by atoms with Crippen molar-refractivity contribution in [2.45, 2.75) is 75.2 Å². The minimum absolute atomic E-state index is 0.0139. The van der Waals surface area contributed by atoms with E-state index in [1.807, 2.05) is 36.4 Å². The number of piperidine rings is 1. The van der Waals surface area contributed by atoms with Crippen LogP contribution in [-0.4, -0.2) is 54.3 Å². The van der Waals surface area contributed by atoms with Gasteiger partial charge in [-0.05, 0) is 68.7 Å². The molecule has 37 heavy (non-hydrogen) atoms. The maximum absolute atomic E-state index is 13.5. The highest BCUT2D eigenvalue weighted by molar-refractivity contribution is 5.90. The topological polar surface area (TPSA) is 74.3 Å². The molecule has 2 aromatic carbocycles. The lowest BCUT2D eigenvalue weighted by molar-refractivity contribution is -0.196. The zero-order valence-corrected chi connectivity index (χ0v) is 21.2. The Labute approximate surface area is 217 Å². The van der Waals surface area contributed by atoms with Crippen LogP contribution >= 0.6 is 0 Å². The number of rotatable bonds is 7. The van der Waals surface area contributed by atoms with Gasteiger partial charge in [0.15, 0.2) is 23.4 Å². The Balaban J connectivity index is 1.35. The third-order valence-electron chi connectivity index (χ3n) is 9.27. The molecule has 3 fully saturated rings. The van der Waals surface area contributed by atoms with Crippen molar-refractivity contribution >= 4 is 11.9 Å². The molecule has 2 aromatic rings. The summed E-state index contributed by atoms with van der Waals surface area (Å²) >= 11 is 0. The van der Waals surface area contributed by atoms with Crippen molar-refractivity contribution in [3.63, 3.8) is 0 Å². The highest BCUT2D eigenvalue weighted by atomic mass is 16.7. The van der Waals surface area contributed by atoms with E-state index in [4.69, 9.17) is 18.9 Å². The van der Waals surface area contributed by atoms with Crippen molar-refractivity contribution in [1.82, 2.24) is 4.90 Å². The van der Waals surface area contributed by atoms with E-state index < -0.39 is 23.3 Å². The summed E-state index contributed by atoms with van der Waals surface area (Å²) in [6, 6.07) is 14.1. The Kier molecular flexibility index (Phi) is 5.29. The van der Waals surface area contributed by atoms with Gasteiger partial charge in [0, 0.05) is 18.5 Å². The van der Waals surface area contributed by atoms with Crippen LogP contribution in [0.15, 0.2) is 42.5 Å². The number of likely N-dealkylation sites (tertiary alicyclic amines) is 1. The molecule has 1 spiro atoms. The van der Waals surface area contributed by atoms with Crippen LogP contribution in [-0.2, 0) is 32.7 Å². The van der Waals surface area contributed by atoms with Gasteiger partial charge in [-0.1, -0.05) is 36.4 Å². The standard InChI is InChI=1S/C30H33NO6/c1-2-34-28(33)37-30-13-12-22(32)27-29(30)14-15-31(17-19-8-9-19)24(30)16-21-10-11-23(26(36-27)25(21)29)35-18-20-6-4-3-5-7-20/h3-7,10-11,19,24,27H,2,8-9,12-18H2,1H3/t24-,27+,29+,30-/m1/s1. The number of hydrogen-bond donors (Lipinski definition) is 0.